The molecule has 2 atom stereocenters. The van der Waals surface area contributed by atoms with Gasteiger partial charge in [-0.2, -0.15) is 0 Å². The number of carbonyl (C=O) groups is 3. The van der Waals surface area contributed by atoms with E-state index in [1.807, 2.05) is 87.9 Å². The van der Waals surface area contributed by atoms with Crippen molar-refractivity contribution in [3.8, 4) is 0 Å². The van der Waals surface area contributed by atoms with Gasteiger partial charge in [-0.25, -0.2) is 14.4 Å². The first-order chi connectivity index (χ1) is 32.7. The molecule has 0 aromatic heterocycles. The molecule has 4 N–H and O–H groups in total. The van der Waals surface area contributed by atoms with Crippen molar-refractivity contribution in [3.05, 3.63) is 97.1 Å². The van der Waals surface area contributed by atoms with Crippen LogP contribution < -0.4 is 10.4 Å². The monoisotopic (exact) mass is 1130 g/mol. The molecule has 0 amide bonds. The molecule has 0 fully saturated rings. The van der Waals surface area contributed by atoms with Crippen molar-refractivity contribution in [3.63, 3.8) is 0 Å². The van der Waals surface area contributed by atoms with Crippen LogP contribution in [0.15, 0.2) is 97.1 Å². The fourth-order valence-corrected chi connectivity index (χ4v) is 26.5. The van der Waals surface area contributed by atoms with E-state index in [4.69, 9.17) is 46.9 Å². The van der Waals surface area contributed by atoms with E-state index in [1.165, 1.54) is 0 Å². The summed E-state index contributed by atoms with van der Waals surface area (Å²) in [6.45, 7) is 43.3. The van der Waals surface area contributed by atoms with Gasteiger partial charge in [0.05, 0.1) is 19.8 Å². The summed E-state index contributed by atoms with van der Waals surface area (Å²) in [5, 5.41) is 2.18. The zero-order chi connectivity index (χ0) is 56.7. The van der Waals surface area contributed by atoms with Crippen LogP contribution >= 0.6 is 7.36 Å². The standard InChI is InChI=1S/C27H48O7Si4.C9H18O3Si.C7H10OSi.C2H8OSi.CH3PS.2CH4.2H2/c1-23(2)26(28)30-19-15-21-35(5,6)32-37(9,10)34-38(11,25-17-13-12-14-18-25)33-36(7,8)22-16-20-31-27(29)24(3)4;1-8(2)9(10)12-6-5-7-13(3,4)11;1-9(8)7-5-3-2-4-6-7;1-4(2)3;1-2-3;;;;/h12-14,17-18H,1,3,15-16,19-22H2,2,4-11H3;11H,1,5-7H2,2-4H3;2-6,8-9H,1H3;3-4H,1-2H3;1H3;2*1H4;2*1H/p+1/i;;;;;;;2*1+1D. The second-order valence-electron chi connectivity index (χ2n) is 18.8. The van der Waals surface area contributed by atoms with Gasteiger partial charge in [-0.1, -0.05) is 107 Å². The van der Waals surface area contributed by atoms with E-state index >= 15 is 0 Å². The second kappa shape index (κ2) is 39.4. The topological polar surface area (TPSA) is 170 Å². The lowest BCUT2D eigenvalue weighted by molar-refractivity contribution is -0.139. The van der Waals surface area contributed by atoms with E-state index in [0.717, 1.165) is 55.1 Å². The van der Waals surface area contributed by atoms with E-state index < -0.39 is 60.2 Å². The molecule has 69 heavy (non-hydrogen) atoms. The molecule has 0 spiro atoms. The Morgan fingerprint density at radius 3 is 1.23 bits per heavy atom. The first-order valence-corrected chi connectivity index (χ1v) is 44.7. The van der Waals surface area contributed by atoms with Gasteiger partial charge in [0, 0.05) is 41.8 Å². The Labute approximate surface area is 441 Å². The molecule has 0 aliphatic rings. The maximum absolute atomic E-state index is 11.7. The first kappa shape index (κ1) is 71.1. The van der Waals surface area contributed by atoms with Gasteiger partial charge in [-0.05, 0) is 142 Å². The molecule has 0 heterocycles. The van der Waals surface area contributed by atoms with Crippen LogP contribution in [0.1, 0.15) is 60.8 Å². The maximum atomic E-state index is 11.7. The van der Waals surface area contributed by atoms with Crippen LogP contribution in [0.25, 0.3) is 0 Å². The van der Waals surface area contributed by atoms with Crippen molar-refractivity contribution in [2.24, 2.45) is 0 Å². The molecule has 2 unspecified atom stereocenters. The van der Waals surface area contributed by atoms with Gasteiger partial charge in [-0.3, -0.25) is 0 Å². The Hall–Kier alpha value is -2.13. The molecule has 21 heteroatoms. The zero-order valence-corrected chi connectivity index (χ0v) is 52.9. The summed E-state index contributed by atoms with van der Waals surface area (Å²) in [6, 6.07) is 22.5. The summed E-state index contributed by atoms with van der Waals surface area (Å²) < 4.78 is 56.1. The summed E-state index contributed by atoms with van der Waals surface area (Å²) in [4.78, 5) is 59.3. The average molecular weight is 1130 g/mol. The van der Waals surface area contributed by atoms with Crippen molar-refractivity contribution < 1.29 is 61.3 Å². The smallest absolute Gasteiger partial charge is 0.377 e. The van der Waals surface area contributed by atoms with Crippen molar-refractivity contribution in [2.45, 2.75) is 152 Å². The lowest BCUT2D eigenvalue weighted by Crippen LogP contribution is -2.63. The Kier molecular flexibility index (Phi) is 40.6. The second-order valence-corrected chi connectivity index (χ2v) is 44.5. The lowest BCUT2D eigenvalue weighted by Gasteiger charge is -2.42. The van der Waals surface area contributed by atoms with Gasteiger partial charge in [0.25, 0.3) is 0 Å². The van der Waals surface area contributed by atoms with Crippen molar-refractivity contribution in [2.75, 3.05) is 26.5 Å². The molecule has 12 nitrogen and oxygen atoms in total. The van der Waals surface area contributed by atoms with Crippen LogP contribution in [0.5, 0.6) is 0 Å². The third kappa shape index (κ3) is 44.3. The Balaban J connectivity index is -0.000000202. The molecule has 402 valence electrons. The fraction of sp³-hybridized carbons (Fsp3) is 0.562. The van der Waals surface area contributed by atoms with Crippen molar-refractivity contribution in [1.29, 1.82) is 0 Å². The van der Waals surface area contributed by atoms with Gasteiger partial charge in [0.15, 0.2) is 25.7 Å². The van der Waals surface area contributed by atoms with Crippen LogP contribution in [0.3, 0.4) is 0 Å². The summed E-state index contributed by atoms with van der Waals surface area (Å²) >= 11 is 4.37. The largest absolute Gasteiger partial charge is 0.542 e. The fourth-order valence-electron chi connectivity index (χ4n) is 5.77. The number of hydrogen-bond acceptors (Lipinski definition) is 12. The van der Waals surface area contributed by atoms with E-state index in [9.17, 15) is 14.4 Å². The zero-order valence-electron chi connectivity index (χ0n) is 47.8. The normalized spacial score (nSPS) is 12.5. The van der Waals surface area contributed by atoms with Crippen LogP contribution in [0, 0.1) is 0 Å². The molecular weight excluding hydrogens is 1030 g/mol. The molecular formula is C48H100O12PSSi7+. The summed E-state index contributed by atoms with van der Waals surface area (Å²) in [5.74, 6) is -1.04. The van der Waals surface area contributed by atoms with E-state index in [1.54, 1.807) is 20.8 Å². The average Bonchev–Trinajstić information content (AvgIpc) is 3.26. The van der Waals surface area contributed by atoms with Crippen LogP contribution in [0.4, 0.5) is 0 Å². The molecule has 0 saturated heterocycles. The highest BCUT2D eigenvalue weighted by Crippen LogP contribution is 2.28. The quantitative estimate of drug-likeness (QED) is 0.0206. The molecule has 0 saturated carbocycles. The van der Waals surface area contributed by atoms with Gasteiger partial charge < -0.3 is 40.9 Å². The SMILES string of the molecule is C.C.C=C(C)C(=O)OCCC[Si](C)(C)O[Si](C)(C)O[Si](C)(O[Si](C)(C)CCCOC(=O)C(=C)C)c1ccccc1.C=C(C)C(=O)OCCC[Si](C)(C)[OH2+].CP=S.C[SiH](C)O.C[SiH](O)c1ccccc1.[2H][2H].[2H][2H]. The predicted molar refractivity (Wildman–Crippen MR) is 320 cm³/mol. The van der Waals surface area contributed by atoms with Crippen molar-refractivity contribution >= 4 is 108 Å². The lowest BCUT2D eigenvalue weighted by atomic mass is 10.4. The Morgan fingerprint density at radius 2 is 0.942 bits per heavy atom. The van der Waals surface area contributed by atoms with E-state index in [-0.39, 0.29) is 32.8 Å². The van der Waals surface area contributed by atoms with Crippen LogP contribution in [-0.2, 0) is 52.7 Å². The predicted octanol–water partition coefficient (Wildman–Crippen LogP) is 10.6. The molecule has 0 aliphatic carbocycles. The highest BCUT2D eigenvalue weighted by molar-refractivity contribution is 7.96. The molecule has 0 radical (unpaired) electrons. The Bertz CT molecular complexity index is 1790. The highest BCUT2D eigenvalue weighted by atomic mass is 32.4. The molecule has 2 aromatic rings. The van der Waals surface area contributed by atoms with Gasteiger partial charge in [0.2, 0.25) is 9.04 Å². The van der Waals surface area contributed by atoms with E-state index in [0.29, 0.717) is 36.5 Å². The number of carbonyl (C=O) groups excluding carboxylic acids is 3. The highest BCUT2D eigenvalue weighted by Gasteiger charge is 2.47. The minimum atomic E-state index is -2.84. The Morgan fingerprint density at radius 1 is 0.638 bits per heavy atom. The van der Waals surface area contributed by atoms with Gasteiger partial charge in [-0.15, -0.1) is 0 Å². The summed E-state index contributed by atoms with van der Waals surface area (Å²) in [7, 11) is -13.1. The summed E-state index contributed by atoms with van der Waals surface area (Å²) in [6.07, 6.45) is 2.26. The van der Waals surface area contributed by atoms with Crippen molar-refractivity contribution in [1.82, 2.24) is 0 Å². The van der Waals surface area contributed by atoms with E-state index in [2.05, 4.69) is 89.5 Å². The summed E-state index contributed by atoms with van der Waals surface area (Å²) in [5.41, 5.74) is 1.24. The van der Waals surface area contributed by atoms with Gasteiger partial charge >= 0.3 is 43.3 Å². The molecule has 2 rings (SSSR count). The van der Waals surface area contributed by atoms with Crippen LogP contribution in [-0.4, -0.2) is 119 Å². The molecule has 0 aliphatic heterocycles. The number of benzene rings is 2. The number of rotatable bonds is 23. The number of esters is 3. The minimum Gasteiger partial charge on any atom is -0.542 e. The molecule has 0 bridgehead atoms. The van der Waals surface area contributed by atoms with Crippen LogP contribution in [0.2, 0.25) is 96.7 Å². The minimum absolute atomic E-state index is 0. The number of ether oxygens (including phenoxy) is 3. The van der Waals surface area contributed by atoms with Gasteiger partial charge in [0.1, 0.15) is 0 Å². The maximum Gasteiger partial charge on any atom is 0.377 e. The third-order valence-corrected chi connectivity index (χ3v) is 27.5. The number of hydrogen-bond donors (Lipinski definition) is 2. The molecule has 2 aromatic carbocycles. The first-order valence-electron chi connectivity index (χ1n) is 24.7. The third-order valence-electron chi connectivity index (χ3n) is 8.55.